The van der Waals surface area contributed by atoms with Crippen molar-refractivity contribution >= 4 is 38.4 Å². The highest BCUT2D eigenvalue weighted by Gasteiger charge is 2.15. The first kappa shape index (κ1) is 20.1. The Morgan fingerprint density at radius 1 is 1.03 bits per heavy atom. The van der Waals surface area contributed by atoms with Crippen molar-refractivity contribution in [2.45, 2.75) is 13.8 Å². The van der Waals surface area contributed by atoms with E-state index < -0.39 is 0 Å². The number of nitrogens with one attached hydrogen (secondary N) is 1. The van der Waals surface area contributed by atoms with Crippen LogP contribution in [0.3, 0.4) is 0 Å². The average molecular weight is 461 g/mol. The standard InChI is InChI=1S/C25H21BrN2O2/c1-3-30-20-10-8-17(9-11-20)24-15-22(21-13-16(2)7-12-23(21)28-24)25(29)27-19-6-4-5-18(26)14-19/h4-15H,3H2,1-2H3,(H,27,29). The van der Waals surface area contributed by atoms with Gasteiger partial charge in [-0.15, -0.1) is 0 Å². The van der Waals surface area contributed by atoms with Gasteiger partial charge in [0.15, 0.2) is 0 Å². The first-order valence-electron chi connectivity index (χ1n) is 9.75. The number of aryl methyl sites for hydroxylation is 1. The number of pyridine rings is 1. The van der Waals surface area contributed by atoms with E-state index in [2.05, 4.69) is 21.2 Å². The van der Waals surface area contributed by atoms with Crippen LogP contribution in [0, 0.1) is 6.92 Å². The third-order valence-corrected chi connectivity index (χ3v) is 5.25. The third-order valence-electron chi connectivity index (χ3n) is 4.75. The molecule has 0 spiro atoms. The normalized spacial score (nSPS) is 10.8. The summed E-state index contributed by atoms with van der Waals surface area (Å²) >= 11 is 3.45. The average Bonchev–Trinajstić information content (AvgIpc) is 2.74. The van der Waals surface area contributed by atoms with E-state index in [1.807, 2.05) is 86.6 Å². The molecule has 150 valence electrons. The lowest BCUT2D eigenvalue weighted by Gasteiger charge is -2.12. The van der Waals surface area contributed by atoms with E-state index in [9.17, 15) is 4.79 Å². The molecule has 1 N–H and O–H groups in total. The first-order chi connectivity index (χ1) is 14.5. The van der Waals surface area contributed by atoms with Crippen LogP contribution in [0.2, 0.25) is 0 Å². The predicted octanol–water partition coefficient (Wildman–Crippen LogP) is 6.62. The van der Waals surface area contributed by atoms with Crippen LogP contribution in [-0.4, -0.2) is 17.5 Å². The van der Waals surface area contributed by atoms with Crippen molar-refractivity contribution in [3.63, 3.8) is 0 Å². The summed E-state index contributed by atoms with van der Waals surface area (Å²) in [5, 5.41) is 3.83. The predicted molar refractivity (Wildman–Crippen MR) is 125 cm³/mol. The molecule has 0 aliphatic rings. The molecule has 1 heterocycles. The number of aromatic nitrogens is 1. The summed E-state index contributed by atoms with van der Waals surface area (Å²) in [6, 6.07) is 23.1. The fourth-order valence-corrected chi connectivity index (χ4v) is 3.73. The van der Waals surface area contributed by atoms with Crippen molar-refractivity contribution in [3.8, 4) is 17.0 Å². The van der Waals surface area contributed by atoms with Crippen LogP contribution < -0.4 is 10.1 Å². The Morgan fingerprint density at radius 2 is 1.83 bits per heavy atom. The van der Waals surface area contributed by atoms with Crippen LogP contribution in [0.5, 0.6) is 5.75 Å². The number of halogens is 1. The van der Waals surface area contributed by atoms with Gasteiger partial charge in [-0.1, -0.05) is 33.6 Å². The minimum absolute atomic E-state index is 0.168. The second-order valence-corrected chi connectivity index (χ2v) is 7.91. The Balaban J connectivity index is 1.78. The highest BCUT2D eigenvalue weighted by atomic mass is 79.9. The third kappa shape index (κ3) is 4.36. The van der Waals surface area contributed by atoms with E-state index in [1.54, 1.807) is 0 Å². The number of fused-ring (bicyclic) bond motifs is 1. The molecular weight excluding hydrogens is 440 g/mol. The van der Waals surface area contributed by atoms with Gasteiger partial charge in [-0.05, 0) is 74.5 Å². The number of carbonyl (C=O) groups excluding carboxylic acids is 1. The summed E-state index contributed by atoms with van der Waals surface area (Å²) < 4.78 is 6.44. The molecule has 0 atom stereocenters. The Bertz CT molecular complexity index is 1220. The van der Waals surface area contributed by atoms with Crippen molar-refractivity contribution in [1.29, 1.82) is 0 Å². The van der Waals surface area contributed by atoms with Crippen LogP contribution in [0.25, 0.3) is 22.2 Å². The number of anilines is 1. The molecule has 0 aliphatic carbocycles. The summed E-state index contributed by atoms with van der Waals surface area (Å²) in [4.78, 5) is 18.0. The van der Waals surface area contributed by atoms with E-state index >= 15 is 0 Å². The van der Waals surface area contributed by atoms with Crippen LogP contribution in [0.1, 0.15) is 22.8 Å². The number of hydrogen-bond acceptors (Lipinski definition) is 3. The molecular formula is C25H21BrN2O2. The Morgan fingerprint density at radius 3 is 2.57 bits per heavy atom. The molecule has 0 bridgehead atoms. The summed E-state index contributed by atoms with van der Waals surface area (Å²) in [5.41, 5.74) is 4.86. The van der Waals surface area contributed by atoms with Gasteiger partial charge in [-0.3, -0.25) is 4.79 Å². The Labute approximate surface area is 184 Å². The minimum atomic E-state index is -0.168. The van der Waals surface area contributed by atoms with Crippen molar-refractivity contribution in [1.82, 2.24) is 4.98 Å². The molecule has 1 amide bonds. The highest BCUT2D eigenvalue weighted by Crippen LogP contribution is 2.28. The molecule has 0 radical (unpaired) electrons. The molecule has 3 aromatic carbocycles. The minimum Gasteiger partial charge on any atom is -0.494 e. The highest BCUT2D eigenvalue weighted by molar-refractivity contribution is 9.10. The van der Waals surface area contributed by atoms with E-state index in [1.165, 1.54) is 0 Å². The lowest BCUT2D eigenvalue weighted by Crippen LogP contribution is -2.13. The van der Waals surface area contributed by atoms with Gasteiger partial charge in [0.1, 0.15) is 5.75 Å². The second-order valence-electron chi connectivity index (χ2n) is 7.00. The zero-order valence-electron chi connectivity index (χ0n) is 16.8. The Kier molecular flexibility index (Phi) is 5.81. The number of benzene rings is 3. The second kappa shape index (κ2) is 8.67. The largest absolute Gasteiger partial charge is 0.494 e. The van der Waals surface area contributed by atoms with Crippen LogP contribution >= 0.6 is 15.9 Å². The van der Waals surface area contributed by atoms with Gasteiger partial charge in [0.2, 0.25) is 0 Å². The maximum absolute atomic E-state index is 13.2. The number of hydrogen-bond donors (Lipinski definition) is 1. The number of ether oxygens (including phenoxy) is 1. The molecule has 30 heavy (non-hydrogen) atoms. The molecule has 0 saturated heterocycles. The summed E-state index contributed by atoms with van der Waals surface area (Å²) in [7, 11) is 0. The van der Waals surface area contributed by atoms with Gasteiger partial charge in [-0.25, -0.2) is 4.98 Å². The first-order valence-corrected chi connectivity index (χ1v) is 10.5. The lowest BCUT2D eigenvalue weighted by molar-refractivity contribution is 0.102. The van der Waals surface area contributed by atoms with Crippen molar-refractivity contribution in [2.24, 2.45) is 0 Å². The zero-order valence-corrected chi connectivity index (χ0v) is 18.4. The van der Waals surface area contributed by atoms with Gasteiger partial charge in [-0.2, -0.15) is 0 Å². The van der Waals surface area contributed by atoms with Crippen molar-refractivity contribution in [2.75, 3.05) is 11.9 Å². The maximum Gasteiger partial charge on any atom is 0.256 e. The van der Waals surface area contributed by atoms with E-state index in [-0.39, 0.29) is 5.91 Å². The van der Waals surface area contributed by atoms with Gasteiger partial charge in [0, 0.05) is 21.1 Å². The molecule has 0 unspecified atom stereocenters. The number of rotatable bonds is 5. The molecule has 4 aromatic rings. The van der Waals surface area contributed by atoms with Crippen molar-refractivity contribution < 1.29 is 9.53 Å². The molecule has 4 rings (SSSR count). The number of amides is 1. The smallest absolute Gasteiger partial charge is 0.256 e. The van der Waals surface area contributed by atoms with Gasteiger partial charge < -0.3 is 10.1 Å². The molecule has 0 saturated carbocycles. The van der Waals surface area contributed by atoms with Gasteiger partial charge in [0.25, 0.3) is 5.91 Å². The molecule has 1 aromatic heterocycles. The summed E-state index contributed by atoms with van der Waals surface area (Å²) in [5.74, 6) is 0.642. The van der Waals surface area contributed by atoms with E-state index in [0.29, 0.717) is 12.2 Å². The van der Waals surface area contributed by atoms with E-state index in [4.69, 9.17) is 9.72 Å². The molecule has 0 fully saturated rings. The number of carbonyl (C=O) groups is 1. The van der Waals surface area contributed by atoms with Crippen LogP contribution in [0.15, 0.2) is 77.3 Å². The Hall–Kier alpha value is -3.18. The number of nitrogens with zero attached hydrogens (tertiary/aromatic N) is 1. The molecule has 0 aliphatic heterocycles. The SMILES string of the molecule is CCOc1ccc(-c2cc(C(=O)Nc3cccc(Br)c3)c3cc(C)ccc3n2)cc1. The lowest BCUT2D eigenvalue weighted by atomic mass is 10.0. The summed E-state index contributed by atoms with van der Waals surface area (Å²) in [6.07, 6.45) is 0. The van der Waals surface area contributed by atoms with Crippen LogP contribution in [-0.2, 0) is 0 Å². The van der Waals surface area contributed by atoms with E-state index in [0.717, 1.165) is 43.6 Å². The zero-order chi connectivity index (χ0) is 21.1. The van der Waals surface area contributed by atoms with Gasteiger partial charge in [0.05, 0.1) is 23.4 Å². The topological polar surface area (TPSA) is 51.2 Å². The van der Waals surface area contributed by atoms with Crippen molar-refractivity contribution in [3.05, 3.63) is 88.4 Å². The fraction of sp³-hybridized carbons (Fsp3) is 0.120. The molecule has 5 heteroatoms. The molecule has 4 nitrogen and oxygen atoms in total. The quantitative estimate of drug-likeness (QED) is 0.363. The monoisotopic (exact) mass is 460 g/mol. The van der Waals surface area contributed by atoms with Gasteiger partial charge >= 0.3 is 0 Å². The maximum atomic E-state index is 13.2. The summed E-state index contributed by atoms with van der Waals surface area (Å²) in [6.45, 7) is 4.58. The van der Waals surface area contributed by atoms with Crippen LogP contribution in [0.4, 0.5) is 5.69 Å². The fourth-order valence-electron chi connectivity index (χ4n) is 3.33.